The van der Waals surface area contributed by atoms with Gasteiger partial charge >= 0.3 is 0 Å². The highest BCUT2D eigenvalue weighted by molar-refractivity contribution is 6.32. The first-order valence-electron chi connectivity index (χ1n) is 6.69. The molecule has 0 aliphatic heterocycles. The molecule has 0 unspecified atom stereocenters. The molecular formula is C17H18ClFO2. The molecule has 112 valence electrons. The van der Waals surface area contributed by atoms with E-state index in [2.05, 4.69) is 0 Å². The van der Waals surface area contributed by atoms with Crippen molar-refractivity contribution in [2.75, 3.05) is 0 Å². The fourth-order valence-electron chi connectivity index (χ4n) is 1.80. The van der Waals surface area contributed by atoms with Crippen molar-refractivity contribution < 1.29 is 13.9 Å². The maximum absolute atomic E-state index is 13.1. The Kier molecular flexibility index (Phi) is 4.73. The summed E-state index contributed by atoms with van der Waals surface area (Å²) in [5.41, 5.74) is 0.467. The summed E-state index contributed by atoms with van der Waals surface area (Å²) < 4.78 is 24.4. The minimum atomic E-state index is -0.284. The van der Waals surface area contributed by atoms with E-state index in [1.165, 1.54) is 12.1 Å². The van der Waals surface area contributed by atoms with Crippen LogP contribution in [-0.4, -0.2) is 5.60 Å². The van der Waals surface area contributed by atoms with Gasteiger partial charge in [-0.2, -0.15) is 0 Å². The fourth-order valence-corrected chi connectivity index (χ4v) is 2.03. The van der Waals surface area contributed by atoms with E-state index < -0.39 is 0 Å². The summed E-state index contributed by atoms with van der Waals surface area (Å²) in [7, 11) is 0. The number of benzene rings is 2. The molecule has 0 aliphatic carbocycles. The van der Waals surface area contributed by atoms with Crippen LogP contribution in [0.15, 0.2) is 42.5 Å². The number of rotatable bonds is 4. The molecule has 0 spiro atoms. The van der Waals surface area contributed by atoms with Gasteiger partial charge in [0.2, 0.25) is 0 Å². The van der Waals surface area contributed by atoms with E-state index in [1.807, 2.05) is 20.8 Å². The smallest absolute Gasteiger partial charge is 0.138 e. The summed E-state index contributed by atoms with van der Waals surface area (Å²) >= 11 is 6.18. The molecule has 0 atom stereocenters. The van der Waals surface area contributed by atoms with Crippen molar-refractivity contribution in [1.82, 2.24) is 0 Å². The van der Waals surface area contributed by atoms with Crippen LogP contribution in [0.25, 0.3) is 0 Å². The zero-order valence-corrected chi connectivity index (χ0v) is 13.1. The van der Waals surface area contributed by atoms with Crippen LogP contribution < -0.4 is 9.47 Å². The Morgan fingerprint density at radius 3 is 2.48 bits per heavy atom. The molecule has 0 aliphatic rings. The quantitative estimate of drug-likeness (QED) is 0.769. The van der Waals surface area contributed by atoms with Crippen LogP contribution in [0, 0.1) is 5.82 Å². The van der Waals surface area contributed by atoms with E-state index in [9.17, 15) is 4.39 Å². The molecule has 2 aromatic rings. The van der Waals surface area contributed by atoms with Crippen molar-refractivity contribution in [3.63, 3.8) is 0 Å². The normalized spacial score (nSPS) is 11.3. The van der Waals surface area contributed by atoms with Gasteiger partial charge in [-0.15, -0.1) is 0 Å². The second-order valence-electron chi connectivity index (χ2n) is 5.73. The third kappa shape index (κ3) is 4.94. The topological polar surface area (TPSA) is 18.5 Å². The molecule has 0 saturated heterocycles. The Morgan fingerprint density at radius 2 is 1.86 bits per heavy atom. The number of hydrogen-bond donors (Lipinski definition) is 0. The lowest BCUT2D eigenvalue weighted by molar-refractivity contribution is 0.131. The minimum Gasteiger partial charge on any atom is -0.488 e. The van der Waals surface area contributed by atoms with Crippen LogP contribution in [0.1, 0.15) is 26.3 Å². The van der Waals surface area contributed by atoms with Gasteiger partial charge in [-0.1, -0.05) is 23.7 Å². The Labute approximate surface area is 129 Å². The Hall–Kier alpha value is -1.74. The summed E-state index contributed by atoms with van der Waals surface area (Å²) in [4.78, 5) is 0. The molecule has 0 heterocycles. The van der Waals surface area contributed by atoms with Gasteiger partial charge < -0.3 is 9.47 Å². The highest BCUT2D eigenvalue weighted by Crippen LogP contribution is 2.31. The minimum absolute atomic E-state index is 0.261. The first kappa shape index (κ1) is 15.6. The molecule has 2 rings (SSSR count). The highest BCUT2D eigenvalue weighted by Gasteiger charge is 2.13. The average molecular weight is 309 g/mol. The Morgan fingerprint density at radius 1 is 1.10 bits per heavy atom. The van der Waals surface area contributed by atoms with Gasteiger partial charge in [-0.05, 0) is 50.6 Å². The van der Waals surface area contributed by atoms with Gasteiger partial charge in [0, 0.05) is 6.07 Å². The van der Waals surface area contributed by atoms with Crippen molar-refractivity contribution in [2.45, 2.75) is 33.0 Å². The van der Waals surface area contributed by atoms with E-state index >= 15 is 0 Å². The molecule has 0 radical (unpaired) electrons. The number of ether oxygens (including phenoxy) is 2. The van der Waals surface area contributed by atoms with Gasteiger partial charge in [0.1, 0.15) is 29.5 Å². The maximum atomic E-state index is 13.1. The van der Waals surface area contributed by atoms with Crippen molar-refractivity contribution in [1.29, 1.82) is 0 Å². The molecule has 0 aromatic heterocycles. The number of halogens is 2. The summed E-state index contributed by atoms with van der Waals surface area (Å²) in [5, 5.41) is 0.466. The lowest BCUT2D eigenvalue weighted by Crippen LogP contribution is -2.22. The second-order valence-corrected chi connectivity index (χ2v) is 6.13. The average Bonchev–Trinajstić information content (AvgIpc) is 2.36. The van der Waals surface area contributed by atoms with E-state index in [-0.39, 0.29) is 18.0 Å². The molecule has 21 heavy (non-hydrogen) atoms. The highest BCUT2D eigenvalue weighted by atomic mass is 35.5. The van der Waals surface area contributed by atoms with Gasteiger partial charge in [-0.25, -0.2) is 4.39 Å². The van der Waals surface area contributed by atoms with Gasteiger partial charge in [0.15, 0.2) is 0 Å². The van der Waals surface area contributed by atoms with Crippen LogP contribution in [0.4, 0.5) is 4.39 Å². The van der Waals surface area contributed by atoms with Crippen molar-refractivity contribution in [2.24, 2.45) is 0 Å². The van der Waals surface area contributed by atoms with E-state index in [0.29, 0.717) is 16.5 Å². The third-order valence-electron chi connectivity index (χ3n) is 2.61. The SMILES string of the molecule is CC(C)(C)Oc1ccc(OCc2cccc(F)c2)c(Cl)c1. The van der Waals surface area contributed by atoms with E-state index in [0.717, 1.165) is 5.56 Å². The van der Waals surface area contributed by atoms with Crippen molar-refractivity contribution in [3.05, 3.63) is 58.9 Å². The molecule has 0 fully saturated rings. The second kappa shape index (κ2) is 6.35. The Bertz CT molecular complexity index is 620. The van der Waals surface area contributed by atoms with Crippen molar-refractivity contribution >= 4 is 11.6 Å². The van der Waals surface area contributed by atoms with Gasteiger partial charge in [0.05, 0.1) is 5.02 Å². The number of hydrogen-bond acceptors (Lipinski definition) is 2. The lowest BCUT2D eigenvalue weighted by Gasteiger charge is -2.21. The molecule has 4 heteroatoms. The molecule has 0 amide bonds. The summed E-state index contributed by atoms with van der Waals surface area (Å²) in [5.74, 6) is 0.948. The summed E-state index contributed by atoms with van der Waals surface area (Å²) in [6.07, 6.45) is 0. The lowest BCUT2D eigenvalue weighted by atomic mass is 10.2. The summed E-state index contributed by atoms with van der Waals surface area (Å²) in [6, 6.07) is 11.6. The molecule has 0 N–H and O–H groups in total. The first-order chi connectivity index (χ1) is 9.83. The van der Waals surface area contributed by atoms with E-state index in [4.69, 9.17) is 21.1 Å². The standard InChI is InChI=1S/C17H18ClFO2/c1-17(2,3)21-14-7-8-16(15(18)10-14)20-11-12-5-4-6-13(19)9-12/h4-10H,11H2,1-3H3. The molecule has 2 nitrogen and oxygen atoms in total. The van der Waals surface area contributed by atoms with Crippen LogP contribution in [0.5, 0.6) is 11.5 Å². The largest absolute Gasteiger partial charge is 0.488 e. The Balaban J connectivity index is 2.04. The predicted octanol–water partition coefficient (Wildman–Crippen LogP) is 5.24. The van der Waals surface area contributed by atoms with Crippen LogP contribution >= 0.6 is 11.6 Å². The zero-order chi connectivity index (χ0) is 15.5. The fraction of sp³-hybridized carbons (Fsp3) is 0.294. The first-order valence-corrected chi connectivity index (χ1v) is 7.07. The maximum Gasteiger partial charge on any atom is 0.138 e. The molecule has 0 saturated carbocycles. The predicted molar refractivity (Wildman–Crippen MR) is 82.6 cm³/mol. The third-order valence-corrected chi connectivity index (χ3v) is 2.91. The molecule has 0 bridgehead atoms. The van der Waals surface area contributed by atoms with Crippen molar-refractivity contribution in [3.8, 4) is 11.5 Å². The van der Waals surface area contributed by atoms with E-state index in [1.54, 1.807) is 30.3 Å². The van der Waals surface area contributed by atoms with Gasteiger partial charge in [-0.3, -0.25) is 0 Å². The van der Waals surface area contributed by atoms with Gasteiger partial charge in [0.25, 0.3) is 0 Å². The molecule has 2 aromatic carbocycles. The molecular weight excluding hydrogens is 291 g/mol. The van der Waals surface area contributed by atoms with Crippen LogP contribution in [-0.2, 0) is 6.61 Å². The van der Waals surface area contributed by atoms with Crippen LogP contribution in [0.2, 0.25) is 5.02 Å². The van der Waals surface area contributed by atoms with Crippen LogP contribution in [0.3, 0.4) is 0 Å². The summed E-state index contributed by atoms with van der Waals surface area (Å²) in [6.45, 7) is 6.16. The zero-order valence-electron chi connectivity index (χ0n) is 12.3. The monoisotopic (exact) mass is 308 g/mol.